The molecule has 0 fully saturated rings. The van der Waals surface area contributed by atoms with Gasteiger partial charge in [-0.25, -0.2) is 0 Å². The Morgan fingerprint density at radius 2 is 0.756 bits per heavy atom. The molecule has 244 valence electrons. The zero-order valence-electron chi connectivity index (χ0n) is 27.4. The number of rotatable bonds is 29. The molecule has 0 amide bonds. The Morgan fingerprint density at radius 3 is 0.976 bits per heavy atom. The van der Waals surface area contributed by atoms with E-state index in [1.165, 1.54) is 159 Å². The Bertz CT molecular complexity index is 472. The van der Waals surface area contributed by atoms with Crippen LogP contribution in [-0.4, -0.2) is 54.1 Å². The summed E-state index contributed by atoms with van der Waals surface area (Å²) in [6.45, 7) is 4.54. The summed E-state index contributed by atoms with van der Waals surface area (Å²) in [4.78, 5) is 19.9. The predicted octanol–water partition coefficient (Wildman–Crippen LogP) is 8.56. The number of unbranched alkanes of at least 4 members (excludes halogenated alkanes) is 23. The molecule has 0 rings (SSSR count). The summed E-state index contributed by atoms with van der Waals surface area (Å²) < 4.78 is 0. The van der Waals surface area contributed by atoms with E-state index in [9.17, 15) is 19.8 Å². The molecule has 0 aliphatic heterocycles. The van der Waals surface area contributed by atoms with Gasteiger partial charge in [0.2, 0.25) is 0 Å². The van der Waals surface area contributed by atoms with Gasteiger partial charge in [-0.3, -0.25) is 0 Å². The first-order chi connectivity index (χ1) is 19.5. The van der Waals surface area contributed by atoms with Gasteiger partial charge in [0.15, 0.2) is 0 Å². The number of carbonyl (C=O) groups is 2. The van der Waals surface area contributed by atoms with Crippen molar-refractivity contribution in [1.82, 2.24) is 0 Å². The Morgan fingerprint density at radius 1 is 0.488 bits per heavy atom. The van der Waals surface area contributed by atoms with Gasteiger partial charge in [0.25, 0.3) is 0 Å². The molecule has 0 aliphatic carbocycles. The Hall–Kier alpha value is 0.458. The van der Waals surface area contributed by atoms with E-state index in [0.29, 0.717) is 5.75 Å². The Kier molecular flexibility index (Phi) is 55.9. The third kappa shape index (κ3) is 60.5. The third-order valence-electron chi connectivity index (χ3n) is 6.99. The van der Waals surface area contributed by atoms with Crippen LogP contribution in [0.1, 0.15) is 187 Å². The summed E-state index contributed by atoms with van der Waals surface area (Å²) in [6.07, 6.45) is 35.9. The van der Waals surface area contributed by atoms with Crippen molar-refractivity contribution in [3.63, 3.8) is 0 Å². The van der Waals surface area contributed by atoms with E-state index in [2.05, 4.69) is 13.8 Å². The number of carboxylic acids is 2. The number of hydrogen-bond acceptors (Lipinski definition) is 6. The first kappa shape index (κ1) is 48.4. The summed E-state index contributed by atoms with van der Waals surface area (Å²) >= 11 is 6.41. The molecular weight excluding hydrogens is 658 g/mol. The molecule has 0 saturated carbocycles. The standard InChI is InChI=1S/C18H36O2.C12H26S.C4H8O2S.Sb/c1-2-3-4-5-6-7-8-9-10-11-12-13-14-15-16-17-18(19)20;1-2-3-4-5-6-7-8-9-10-11-12-13;1-7-3-2-4(5)6;/h2-17H2,1H3,(H,19,20);13H,2-12H2,1H3;2-3H2,1H3,(H,5,6);/q;;;+3/p-3. The van der Waals surface area contributed by atoms with Crippen molar-refractivity contribution in [1.29, 1.82) is 0 Å². The molecule has 7 heteroatoms. The van der Waals surface area contributed by atoms with Crippen LogP contribution in [0.25, 0.3) is 0 Å². The summed E-state index contributed by atoms with van der Waals surface area (Å²) in [5, 5.41) is 19.9. The van der Waals surface area contributed by atoms with E-state index in [1.54, 1.807) is 0 Å². The molecule has 0 atom stereocenters. The van der Waals surface area contributed by atoms with Gasteiger partial charge in [0.05, 0.1) is 0 Å². The van der Waals surface area contributed by atoms with Gasteiger partial charge in [-0.05, 0) is 31.3 Å². The van der Waals surface area contributed by atoms with Gasteiger partial charge in [-0.1, -0.05) is 168 Å². The second kappa shape index (κ2) is 47.4. The topological polar surface area (TPSA) is 80.3 Å². The average molecular weight is 726 g/mol. The first-order valence-electron chi connectivity index (χ1n) is 16.9. The van der Waals surface area contributed by atoms with Gasteiger partial charge in [-0.2, -0.15) is 17.5 Å². The Balaban J connectivity index is -0.000000279. The quantitative estimate of drug-likeness (QED) is 0.0437. The molecular formula is C34H67O4S2Sb. The van der Waals surface area contributed by atoms with Gasteiger partial charge in [0, 0.05) is 11.9 Å². The van der Waals surface area contributed by atoms with Gasteiger partial charge >= 0.3 is 24.4 Å². The van der Waals surface area contributed by atoms with Crippen LogP contribution in [0.4, 0.5) is 0 Å². The van der Waals surface area contributed by atoms with E-state index in [4.69, 9.17) is 12.6 Å². The van der Waals surface area contributed by atoms with Gasteiger partial charge in [-0.15, -0.1) is 0 Å². The van der Waals surface area contributed by atoms with E-state index in [0.717, 1.165) is 18.6 Å². The number of carboxylic acid groups (broad SMARTS) is 2. The fourth-order valence-electron chi connectivity index (χ4n) is 4.42. The monoisotopic (exact) mass is 724 g/mol. The smallest absolute Gasteiger partial charge is 0.793 e. The molecule has 0 aromatic carbocycles. The van der Waals surface area contributed by atoms with Crippen molar-refractivity contribution in [2.45, 2.75) is 187 Å². The van der Waals surface area contributed by atoms with E-state index in [-0.39, 0.29) is 37.3 Å². The molecule has 0 unspecified atom stereocenters. The van der Waals surface area contributed by atoms with Crippen LogP contribution < -0.4 is 10.2 Å². The van der Waals surface area contributed by atoms with Crippen LogP contribution in [0, 0.1) is 0 Å². The van der Waals surface area contributed by atoms with Gasteiger partial charge < -0.3 is 32.4 Å². The van der Waals surface area contributed by atoms with Crippen molar-refractivity contribution < 1.29 is 19.8 Å². The van der Waals surface area contributed by atoms with Crippen molar-refractivity contribution in [3.8, 4) is 0 Å². The number of thioether (sulfide) groups is 1. The molecule has 4 nitrogen and oxygen atoms in total. The molecule has 0 spiro atoms. The summed E-state index contributed by atoms with van der Waals surface area (Å²) in [5.41, 5.74) is 0. The molecule has 0 saturated heterocycles. The fraction of sp³-hybridized carbons (Fsp3) is 0.941. The minimum absolute atomic E-state index is 0. The first-order valence-corrected chi connectivity index (χ1v) is 18.9. The van der Waals surface area contributed by atoms with Crippen molar-refractivity contribution in [2.24, 2.45) is 0 Å². The molecule has 0 heterocycles. The van der Waals surface area contributed by atoms with Crippen LogP contribution in [0.3, 0.4) is 0 Å². The number of carbonyl (C=O) groups excluding carboxylic acids is 2. The van der Waals surface area contributed by atoms with Crippen LogP contribution in [-0.2, 0) is 22.2 Å². The van der Waals surface area contributed by atoms with Crippen LogP contribution in [0.5, 0.6) is 0 Å². The number of aliphatic carboxylic acids is 2. The minimum atomic E-state index is -0.964. The average Bonchev–Trinajstić information content (AvgIpc) is 2.93. The predicted molar refractivity (Wildman–Crippen MR) is 182 cm³/mol. The summed E-state index contributed by atoms with van der Waals surface area (Å²) in [5.74, 6) is -0.257. The fourth-order valence-corrected chi connectivity index (χ4v) is 4.99. The maximum atomic E-state index is 10.2. The molecule has 2 radical (unpaired) electrons. The molecule has 41 heavy (non-hydrogen) atoms. The summed E-state index contributed by atoms with van der Waals surface area (Å²) in [6, 6.07) is 0. The van der Waals surface area contributed by atoms with Crippen LogP contribution in [0.2, 0.25) is 0 Å². The van der Waals surface area contributed by atoms with Gasteiger partial charge in [0.1, 0.15) is 0 Å². The normalized spacial score (nSPS) is 10.1. The second-order valence-electron chi connectivity index (χ2n) is 11.1. The molecule has 0 bridgehead atoms. The van der Waals surface area contributed by atoms with Crippen molar-refractivity contribution in [3.05, 3.63) is 0 Å². The number of hydrogen-bond donors (Lipinski definition) is 0. The minimum Gasteiger partial charge on any atom is -0.793 e. The maximum Gasteiger partial charge on any atom is 3.00 e. The maximum absolute atomic E-state index is 10.2. The summed E-state index contributed by atoms with van der Waals surface area (Å²) in [7, 11) is 0. The van der Waals surface area contributed by atoms with Crippen molar-refractivity contribution in [2.75, 3.05) is 17.8 Å². The van der Waals surface area contributed by atoms with Crippen molar-refractivity contribution >= 4 is 60.8 Å². The van der Waals surface area contributed by atoms with Crippen LogP contribution in [0.15, 0.2) is 0 Å². The molecule has 0 aliphatic rings. The van der Waals surface area contributed by atoms with E-state index >= 15 is 0 Å². The molecule has 0 aromatic heterocycles. The van der Waals surface area contributed by atoms with Crippen LogP contribution >= 0.6 is 11.8 Å². The SMILES string of the molecule is CCCCCCCCCCCCCCCCCC(=O)[O-].CCCCCCCCCCCC[S-].CSCCC(=O)[O-].[Sb+3]. The molecule has 0 aromatic rings. The second-order valence-corrected chi connectivity index (χ2v) is 12.5. The van der Waals surface area contributed by atoms with E-state index in [1.807, 2.05) is 6.26 Å². The third-order valence-corrected chi connectivity index (χ3v) is 7.89. The molecule has 0 N–H and O–H groups in total. The largest absolute Gasteiger partial charge is 3.00 e. The van der Waals surface area contributed by atoms with E-state index < -0.39 is 11.9 Å². The zero-order chi connectivity index (χ0) is 30.4. The Labute approximate surface area is 284 Å². The zero-order valence-corrected chi connectivity index (χ0v) is 31.6.